The van der Waals surface area contributed by atoms with Gasteiger partial charge in [0.25, 0.3) is 11.1 Å². The van der Waals surface area contributed by atoms with Gasteiger partial charge < -0.3 is 15.2 Å². The van der Waals surface area contributed by atoms with Crippen LogP contribution in [0.2, 0.25) is 0 Å². The SMILES string of the molecule is Cc1ccc(NC(=O)CN2C(=O)SC(=Cc3cc(Br)ccc3OCC(=O)O)C2=O)cc1. The number of hydrogen-bond donors (Lipinski definition) is 2. The zero-order valence-corrected chi connectivity index (χ0v) is 18.7. The van der Waals surface area contributed by atoms with Crippen molar-refractivity contribution in [1.29, 1.82) is 0 Å². The number of carboxylic acids is 1. The van der Waals surface area contributed by atoms with Gasteiger partial charge in [0.15, 0.2) is 6.61 Å². The minimum atomic E-state index is -1.14. The number of imide groups is 1. The lowest BCUT2D eigenvalue weighted by Crippen LogP contribution is -2.36. The molecule has 160 valence electrons. The van der Waals surface area contributed by atoms with Crippen LogP contribution >= 0.6 is 27.7 Å². The fraction of sp³-hybridized carbons (Fsp3) is 0.143. The Kier molecular flexibility index (Phi) is 7.13. The van der Waals surface area contributed by atoms with E-state index in [0.717, 1.165) is 10.5 Å². The van der Waals surface area contributed by atoms with Gasteiger partial charge in [0, 0.05) is 15.7 Å². The molecule has 0 bridgehead atoms. The number of carbonyl (C=O) groups excluding carboxylic acids is 3. The Morgan fingerprint density at radius 2 is 1.90 bits per heavy atom. The normalized spacial score (nSPS) is 14.8. The van der Waals surface area contributed by atoms with Crippen LogP contribution in [0.5, 0.6) is 5.75 Å². The van der Waals surface area contributed by atoms with Gasteiger partial charge >= 0.3 is 5.97 Å². The molecule has 1 aliphatic heterocycles. The van der Waals surface area contributed by atoms with Crippen LogP contribution in [-0.4, -0.2) is 46.2 Å². The number of nitrogens with one attached hydrogen (secondary N) is 1. The number of aryl methyl sites for hydroxylation is 1. The van der Waals surface area contributed by atoms with Crippen LogP contribution in [0, 0.1) is 6.92 Å². The molecule has 0 unspecified atom stereocenters. The van der Waals surface area contributed by atoms with Gasteiger partial charge in [-0.3, -0.25) is 19.3 Å². The largest absolute Gasteiger partial charge is 0.481 e. The van der Waals surface area contributed by atoms with Gasteiger partial charge in [0.1, 0.15) is 12.3 Å². The number of amides is 3. The maximum atomic E-state index is 12.7. The number of rotatable bonds is 7. The van der Waals surface area contributed by atoms with Crippen LogP contribution in [-0.2, 0) is 14.4 Å². The Hall–Kier alpha value is -3.11. The molecule has 1 saturated heterocycles. The van der Waals surface area contributed by atoms with E-state index in [2.05, 4.69) is 21.2 Å². The smallest absolute Gasteiger partial charge is 0.341 e. The van der Waals surface area contributed by atoms with Crippen LogP contribution in [0.3, 0.4) is 0 Å². The number of aliphatic carboxylic acids is 1. The zero-order chi connectivity index (χ0) is 22.5. The van der Waals surface area contributed by atoms with Gasteiger partial charge in [-0.25, -0.2) is 4.79 Å². The van der Waals surface area contributed by atoms with E-state index in [1.54, 1.807) is 30.3 Å². The fourth-order valence-corrected chi connectivity index (χ4v) is 3.87. The molecule has 0 spiro atoms. The third-order valence-corrected chi connectivity index (χ3v) is 5.52. The van der Waals surface area contributed by atoms with E-state index < -0.39 is 36.2 Å². The molecular weight excluding hydrogens is 488 g/mol. The minimum absolute atomic E-state index is 0.103. The van der Waals surface area contributed by atoms with E-state index in [1.807, 2.05) is 19.1 Å². The van der Waals surface area contributed by atoms with Gasteiger partial charge in [-0.15, -0.1) is 0 Å². The predicted molar refractivity (Wildman–Crippen MR) is 120 cm³/mol. The summed E-state index contributed by atoms with van der Waals surface area (Å²) in [6.45, 7) is 0.946. The molecule has 0 aromatic heterocycles. The summed E-state index contributed by atoms with van der Waals surface area (Å²) in [6, 6.07) is 12.0. The second-order valence-corrected chi connectivity index (χ2v) is 8.46. The maximum absolute atomic E-state index is 12.7. The Morgan fingerprint density at radius 3 is 2.58 bits per heavy atom. The topological polar surface area (TPSA) is 113 Å². The highest BCUT2D eigenvalue weighted by molar-refractivity contribution is 9.10. The van der Waals surface area contributed by atoms with E-state index in [0.29, 0.717) is 27.5 Å². The summed E-state index contributed by atoms with van der Waals surface area (Å²) in [5.74, 6) is -2.01. The van der Waals surface area contributed by atoms with Crippen LogP contribution < -0.4 is 10.1 Å². The molecule has 0 radical (unpaired) electrons. The van der Waals surface area contributed by atoms with Crippen molar-refractivity contribution in [3.8, 4) is 5.75 Å². The van der Waals surface area contributed by atoms with Crippen molar-refractivity contribution < 1.29 is 29.0 Å². The summed E-state index contributed by atoms with van der Waals surface area (Å²) in [5, 5.41) is 10.9. The van der Waals surface area contributed by atoms with Crippen molar-refractivity contribution in [3.63, 3.8) is 0 Å². The molecule has 3 rings (SSSR count). The Labute approximate surface area is 190 Å². The highest BCUT2D eigenvalue weighted by Gasteiger charge is 2.36. The number of benzene rings is 2. The third kappa shape index (κ3) is 5.96. The number of anilines is 1. The predicted octanol–water partition coefficient (Wildman–Crippen LogP) is 3.90. The van der Waals surface area contributed by atoms with Gasteiger partial charge in [-0.05, 0) is 55.1 Å². The van der Waals surface area contributed by atoms with E-state index in [4.69, 9.17) is 9.84 Å². The van der Waals surface area contributed by atoms with Crippen molar-refractivity contribution in [2.24, 2.45) is 0 Å². The van der Waals surface area contributed by atoms with Gasteiger partial charge in [0.2, 0.25) is 5.91 Å². The van der Waals surface area contributed by atoms with E-state index >= 15 is 0 Å². The van der Waals surface area contributed by atoms with Crippen molar-refractivity contribution >= 4 is 62.5 Å². The highest BCUT2D eigenvalue weighted by Crippen LogP contribution is 2.34. The first-order valence-corrected chi connectivity index (χ1v) is 10.6. The van der Waals surface area contributed by atoms with Crippen LogP contribution in [0.4, 0.5) is 10.5 Å². The van der Waals surface area contributed by atoms with E-state index in [-0.39, 0.29) is 10.7 Å². The number of nitrogens with zero attached hydrogens (tertiary/aromatic N) is 1. The molecule has 8 nitrogen and oxygen atoms in total. The van der Waals surface area contributed by atoms with E-state index in [1.165, 1.54) is 6.08 Å². The van der Waals surface area contributed by atoms with Crippen molar-refractivity contribution in [2.75, 3.05) is 18.5 Å². The Morgan fingerprint density at radius 1 is 1.19 bits per heavy atom. The highest BCUT2D eigenvalue weighted by atomic mass is 79.9. The summed E-state index contributed by atoms with van der Waals surface area (Å²) >= 11 is 4.01. The summed E-state index contributed by atoms with van der Waals surface area (Å²) in [6.07, 6.45) is 1.44. The summed E-state index contributed by atoms with van der Waals surface area (Å²) in [7, 11) is 0. The van der Waals surface area contributed by atoms with Crippen molar-refractivity contribution in [1.82, 2.24) is 4.90 Å². The zero-order valence-electron chi connectivity index (χ0n) is 16.3. The van der Waals surface area contributed by atoms with Gasteiger partial charge in [-0.1, -0.05) is 33.6 Å². The van der Waals surface area contributed by atoms with Crippen LogP contribution in [0.25, 0.3) is 6.08 Å². The average Bonchev–Trinajstić information content (AvgIpc) is 2.96. The molecule has 0 atom stereocenters. The lowest BCUT2D eigenvalue weighted by Gasteiger charge is -2.12. The minimum Gasteiger partial charge on any atom is -0.481 e. The maximum Gasteiger partial charge on any atom is 0.341 e. The van der Waals surface area contributed by atoms with Gasteiger partial charge in [-0.2, -0.15) is 0 Å². The van der Waals surface area contributed by atoms with Gasteiger partial charge in [0.05, 0.1) is 4.91 Å². The van der Waals surface area contributed by atoms with Crippen LogP contribution in [0.1, 0.15) is 11.1 Å². The molecule has 2 aromatic rings. The number of carbonyl (C=O) groups is 4. The second kappa shape index (κ2) is 9.80. The average molecular weight is 505 g/mol. The molecule has 31 heavy (non-hydrogen) atoms. The number of ether oxygens (including phenoxy) is 1. The molecular formula is C21H17BrN2O6S. The first-order chi connectivity index (χ1) is 14.7. The molecule has 1 aliphatic rings. The van der Waals surface area contributed by atoms with Crippen LogP contribution in [0.15, 0.2) is 51.8 Å². The van der Waals surface area contributed by atoms with Crippen molar-refractivity contribution in [2.45, 2.75) is 6.92 Å². The number of hydrogen-bond acceptors (Lipinski definition) is 6. The Balaban J connectivity index is 1.74. The molecule has 10 heteroatoms. The monoisotopic (exact) mass is 504 g/mol. The lowest BCUT2D eigenvalue weighted by molar-refractivity contribution is -0.139. The summed E-state index contributed by atoms with van der Waals surface area (Å²) in [4.78, 5) is 49.1. The van der Waals surface area contributed by atoms with E-state index in [9.17, 15) is 19.2 Å². The molecule has 0 saturated carbocycles. The van der Waals surface area contributed by atoms with Crippen molar-refractivity contribution in [3.05, 3.63) is 63.0 Å². The second-order valence-electron chi connectivity index (χ2n) is 6.55. The summed E-state index contributed by atoms with van der Waals surface area (Å²) < 4.78 is 5.92. The third-order valence-electron chi connectivity index (χ3n) is 4.12. The lowest BCUT2D eigenvalue weighted by atomic mass is 10.2. The number of thioether (sulfide) groups is 1. The molecule has 1 heterocycles. The molecule has 1 fully saturated rings. The fourth-order valence-electron chi connectivity index (χ4n) is 2.66. The first kappa shape index (κ1) is 22.6. The quantitative estimate of drug-likeness (QED) is 0.549. The molecule has 2 N–H and O–H groups in total. The Bertz CT molecular complexity index is 1080. The molecule has 0 aliphatic carbocycles. The molecule has 3 amide bonds. The number of halogens is 1. The standard InChI is InChI=1S/C21H17BrN2O6S/c1-12-2-5-15(6-3-12)23-18(25)10-24-20(28)17(31-21(24)29)9-13-8-14(22)4-7-16(13)30-11-19(26)27/h2-9H,10-11H2,1H3,(H,23,25)(H,26,27). The number of carboxylic acid groups (broad SMARTS) is 1. The summed E-state index contributed by atoms with van der Waals surface area (Å²) in [5.41, 5.74) is 2.02. The molecule has 2 aromatic carbocycles. The first-order valence-electron chi connectivity index (χ1n) is 8.99.